The molecule has 0 aromatic heterocycles. The summed E-state index contributed by atoms with van der Waals surface area (Å²) in [5, 5.41) is 3.04. The number of benzene rings is 2. The number of carbonyl (C=O) groups excluding carboxylic acids is 2. The number of carbonyl (C=O) groups is 2. The molecular weight excluding hydrogens is 281 g/mol. The third kappa shape index (κ3) is 2.41. The first-order chi connectivity index (χ1) is 10.5. The molecule has 1 heterocycles. The van der Waals surface area contributed by atoms with E-state index in [9.17, 15) is 14.0 Å². The fourth-order valence-corrected chi connectivity index (χ4v) is 2.67. The second-order valence-corrected chi connectivity index (χ2v) is 5.65. The highest BCUT2D eigenvalue weighted by molar-refractivity contribution is 6.19. The lowest BCUT2D eigenvalue weighted by molar-refractivity contribution is 0.0812. The number of ketones is 2. The summed E-state index contributed by atoms with van der Waals surface area (Å²) in [4.78, 5) is 25.1. The first-order valence-corrected chi connectivity index (χ1v) is 7.16. The van der Waals surface area contributed by atoms with Gasteiger partial charge in [-0.15, -0.1) is 0 Å². The number of hydrogen-bond acceptors (Lipinski definition) is 3. The molecule has 0 aliphatic carbocycles. The van der Waals surface area contributed by atoms with Gasteiger partial charge >= 0.3 is 0 Å². The summed E-state index contributed by atoms with van der Waals surface area (Å²) in [6.45, 7) is 4.14. The average molecular weight is 297 g/mol. The minimum Gasteiger partial charge on any atom is -0.383 e. The average Bonchev–Trinajstić information content (AvgIpc) is 2.50. The Morgan fingerprint density at radius 3 is 2.64 bits per heavy atom. The predicted molar refractivity (Wildman–Crippen MR) is 83.0 cm³/mol. The van der Waals surface area contributed by atoms with Gasteiger partial charge in [0.1, 0.15) is 11.7 Å². The number of Topliss-reactive ketones (excluding diaryl/α,β-unsaturated/α-hetero) is 2. The van der Waals surface area contributed by atoms with Gasteiger partial charge in [0.15, 0.2) is 11.6 Å². The van der Waals surface area contributed by atoms with Crippen molar-refractivity contribution in [1.82, 2.24) is 0 Å². The van der Waals surface area contributed by atoms with Crippen LogP contribution in [0.3, 0.4) is 0 Å². The summed E-state index contributed by atoms with van der Waals surface area (Å²) in [7, 11) is 0. The number of rotatable bonds is 2. The molecule has 0 saturated carbocycles. The molecule has 0 amide bonds. The van der Waals surface area contributed by atoms with Gasteiger partial charge in [-0.05, 0) is 49.2 Å². The van der Waals surface area contributed by atoms with E-state index >= 15 is 0 Å². The molecule has 1 N–H and O–H groups in total. The Bertz CT molecular complexity index is 783. The number of halogens is 1. The van der Waals surface area contributed by atoms with E-state index in [1.807, 2.05) is 19.9 Å². The fourth-order valence-electron chi connectivity index (χ4n) is 2.67. The van der Waals surface area contributed by atoms with E-state index in [1.165, 1.54) is 18.2 Å². The fraction of sp³-hybridized carbons (Fsp3) is 0.222. The molecule has 1 atom stereocenters. The van der Waals surface area contributed by atoms with Crippen LogP contribution in [-0.4, -0.2) is 18.1 Å². The van der Waals surface area contributed by atoms with Crippen molar-refractivity contribution in [3.05, 3.63) is 64.5 Å². The van der Waals surface area contributed by atoms with Crippen LogP contribution in [0.2, 0.25) is 0 Å². The van der Waals surface area contributed by atoms with E-state index in [0.29, 0.717) is 11.3 Å². The lowest BCUT2D eigenvalue weighted by Gasteiger charge is -2.24. The standard InChI is InChI=1S/C18H16FNO2/c1-10-3-4-12(7-11(10)2)17(21)15-9-20-16-6-5-13(19)8-14(16)18(15)22/h3-8,15,20H,9H2,1-2H3. The molecule has 4 heteroatoms. The van der Waals surface area contributed by atoms with Crippen molar-refractivity contribution < 1.29 is 14.0 Å². The van der Waals surface area contributed by atoms with Gasteiger partial charge < -0.3 is 5.32 Å². The highest BCUT2D eigenvalue weighted by atomic mass is 19.1. The molecule has 3 nitrogen and oxygen atoms in total. The Morgan fingerprint density at radius 2 is 1.91 bits per heavy atom. The minimum atomic E-state index is -0.809. The second-order valence-electron chi connectivity index (χ2n) is 5.65. The summed E-state index contributed by atoms with van der Waals surface area (Å²) in [6, 6.07) is 9.41. The molecule has 1 aliphatic heterocycles. The van der Waals surface area contributed by atoms with Gasteiger partial charge in [0, 0.05) is 23.4 Å². The highest BCUT2D eigenvalue weighted by Gasteiger charge is 2.33. The van der Waals surface area contributed by atoms with E-state index in [4.69, 9.17) is 0 Å². The van der Waals surface area contributed by atoms with E-state index in [2.05, 4.69) is 5.32 Å². The Kier molecular flexibility index (Phi) is 3.53. The maximum Gasteiger partial charge on any atom is 0.177 e. The van der Waals surface area contributed by atoms with E-state index in [1.54, 1.807) is 12.1 Å². The summed E-state index contributed by atoms with van der Waals surface area (Å²) in [5.41, 5.74) is 3.44. The van der Waals surface area contributed by atoms with E-state index in [-0.39, 0.29) is 23.7 Å². The van der Waals surface area contributed by atoms with Gasteiger partial charge in [-0.2, -0.15) is 0 Å². The van der Waals surface area contributed by atoms with Crippen molar-refractivity contribution in [2.75, 3.05) is 11.9 Å². The third-order valence-electron chi connectivity index (χ3n) is 4.17. The Morgan fingerprint density at radius 1 is 1.14 bits per heavy atom. The first-order valence-electron chi connectivity index (χ1n) is 7.16. The number of fused-ring (bicyclic) bond motifs is 1. The van der Waals surface area contributed by atoms with Crippen molar-refractivity contribution in [3.8, 4) is 0 Å². The topological polar surface area (TPSA) is 46.2 Å². The van der Waals surface area contributed by atoms with Gasteiger partial charge in [0.2, 0.25) is 0 Å². The largest absolute Gasteiger partial charge is 0.383 e. The number of anilines is 1. The van der Waals surface area contributed by atoms with Gasteiger partial charge in [-0.25, -0.2) is 4.39 Å². The Hall–Kier alpha value is -2.49. The molecule has 2 aromatic rings. The Balaban J connectivity index is 1.94. The molecular formula is C18H16FNO2. The van der Waals surface area contributed by atoms with Crippen molar-refractivity contribution in [1.29, 1.82) is 0 Å². The molecule has 3 rings (SSSR count). The lowest BCUT2D eigenvalue weighted by atomic mass is 9.86. The molecule has 112 valence electrons. The molecule has 22 heavy (non-hydrogen) atoms. The minimum absolute atomic E-state index is 0.226. The van der Waals surface area contributed by atoms with Crippen LogP contribution in [0.1, 0.15) is 31.8 Å². The van der Waals surface area contributed by atoms with Crippen LogP contribution in [-0.2, 0) is 0 Å². The quantitative estimate of drug-likeness (QED) is 0.681. The maximum atomic E-state index is 13.4. The molecule has 0 fully saturated rings. The Labute approximate surface area is 128 Å². The molecule has 2 aromatic carbocycles. The van der Waals surface area contributed by atoms with E-state index in [0.717, 1.165) is 11.1 Å². The van der Waals surface area contributed by atoms with E-state index < -0.39 is 11.7 Å². The number of aryl methyl sites for hydroxylation is 2. The molecule has 0 saturated heterocycles. The first kappa shape index (κ1) is 14.4. The zero-order chi connectivity index (χ0) is 15.9. The summed E-state index contributed by atoms with van der Waals surface area (Å²) < 4.78 is 13.4. The zero-order valence-corrected chi connectivity index (χ0v) is 12.4. The highest BCUT2D eigenvalue weighted by Crippen LogP contribution is 2.27. The summed E-state index contributed by atoms with van der Waals surface area (Å²) in [6.07, 6.45) is 0. The van der Waals surface area contributed by atoms with Crippen LogP contribution in [0.15, 0.2) is 36.4 Å². The molecule has 0 spiro atoms. The summed E-state index contributed by atoms with van der Waals surface area (Å²) in [5.74, 6) is -1.84. The predicted octanol–water partition coefficient (Wildman–Crippen LogP) is 3.55. The van der Waals surface area contributed by atoms with Crippen molar-refractivity contribution in [2.45, 2.75) is 13.8 Å². The zero-order valence-electron chi connectivity index (χ0n) is 12.4. The molecule has 1 aliphatic rings. The van der Waals surface area contributed by atoms with Crippen LogP contribution < -0.4 is 5.32 Å². The lowest BCUT2D eigenvalue weighted by Crippen LogP contribution is -2.35. The molecule has 1 unspecified atom stereocenters. The third-order valence-corrected chi connectivity index (χ3v) is 4.17. The molecule has 0 radical (unpaired) electrons. The SMILES string of the molecule is Cc1ccc(C(=O)C2CNc3ccc(F)cc3C2=O)cc1C. The van der Waals surface area contributed by atoms with Crippen molar-refractivity contribution >= 4 is 17.3 Å². The van der Waals surface area contributed by atoms with Crippen LogP contribution in [0.25, 0.3) is 0 Å². The van der Waals surface area contributed by atoms with Gasteiger partial charge in [-0.1, -0.05) is 12.1 Å². The normalized spacial score (nSPS) is 16.9. The van der Waals surface area contributed by atoms with Crippen LogP contribution in [0.4, 0.5) is 10.1 Å². The van der Waals surface area contributed by atoms with Crippen molar-refractivity contribution in [2.24, 2.45) is 5.92 Å². The van der Waals surface area contributed by atoms with Crippen LogP contribution in [0.5, 0.6) is 0 Å². The monoisotopic (exact) mass is 297 g/mol. The number of nitrogens with one attached hydrogen (secondary N) is 1. The molecule has 0 bridgehead atoms. The van der Waals surface area contributed by atoms with Crippen LogP contribution >= 0.6 is 0 Å². The maximum absolute atomic E-state index is 13.4. The van der Waals surface area contributed by atoms with Gasteiger partial charge in [-0.3, -0.25) is 9.59 Å². The second kappa shape index (κ2) is 5.37. The van der Waals surface area contributed by atoms with Gasteiger partial charge in [0.05, 0.1) is 0 Å². The van der Waals surface area contributed by atoms with Gasteiger partial charge in [0.25, 0.3) is 0 Å². The van der Waals surface area contributed by atoms with Crippen LogP contribution in [0, 0.1) is 25.6 Å². The smallest absolute Gasteiger partial charge is 0.177 e. The number of hydrogen-bond donors (Lipinski definition) is 1. The summed E-state index contributed by atoms with van der Waals surface area (Å²) >= 11 is 0. The van der Waals surface area contributed by atoms with Crippen molar-refractivity contribution in [3.63, 3.8) is 0 Å².